The van der Waals surface area contributed by atoms with Crippen LogP contribution in [0, 0.1) is 0 Å². The first-order chi connectivity index (χ1) is 9.88. The third-order valence-corrected chi connectivity index (χ3v) is 4.49. The molecule has 0 bridgehead atoms. The Hall–Kier alpha value is -1.73. The summed E-state index contributed by atoms with van der Waals surface area (Å²) in [5.41, 5.74) is 1.94. The van der Waals surface area contributed by atoms with Gasteiger partial charge in [-0.05, 0) is 13.0 Å². The maximum Gasteiger partial charge on any atom is 0.134 e. The van der Waals surface area contributed by atoms with Crippen LogP contribution in [-0.2, 0) is 5.75 Å². The standard InChI is InChI=1S/C13H13N5S2/c1-2-14-13-11(17-18-20-13)7-19-12-9-5-3-4-6-10(9)15-8-16-12/h3-6,8,14H,2,7H2,1H3. The fraction of sp³-hybridized carbons (Fsp3) is 0.231. The number of nitrogens with zero attached hydrogens (tertiary/aromatic N) is 4. The first kappa shape index (κ1) is 13.3. The Balaban J connectivity index is 1.81. The molecule has 0 amide bonds. The van der Waals surface area contributed by atoms with E-state index in [1.54, 1.807) is 18.1 Å². The summed E-state index contributed by atoms with van der Waals surface area (Å²) in [5.74, 6) is 0.750. The third kappa shape index (κ3) is 2.73. The Morgan fingerprint density at radius 3 is 3.05 bits per heavy atom. The summed E-state index contributed by atoms with van der Waals surface area (Å²) >= 11 is 3.06. The molecule has 0 aliphatic heterocycles. The molecule has 0 aliphatic carbocycles. The number of hydrogen-bond acceptors (Lipinski definition) is 7. The highest BCUT2D eigenvalue weighted by molar-refractivity contribution is 7.98. The van der Waals surface area contributed by atoms with Crippen LogP contribution in [0.25, 0.3) is 10.9 Å². The summed E-state index contributed by atoms with van der Waals surface area (Å²) in [6.07, 6.45) is 1.61. The topological polar surface area (TPSA) is 63.6 Å². The number of fused-ring (bicyclic) bond motifs is 1. The van der Waals surface area contributed by atoms with E-state index >= 15 is 0 Å². The van der Waals surface area contributed by atoms with E-state index in [2.05, 4.69) is 31.8 Å². The average Bonchev–Trinajstić information content (AvgIpc) is 2.93. The zero-order valence-corrected chi connectivity index (χ0v) is 12.5. The molecule has 20 heavy (non-hydrogen) atoms. The predicted octanol–water partition coefficient (Wildman–Crippen LogP) is 3.21. The number of hydrogen-bond donors (Lipinski definition) is 1. The summed E-state index contributed by atoms with van der Waals surface area (Å²) in [4.78, 5) is 8.64. The van der Waals surface area contributed by atoms with Crippen LogP contribution in [0.15, 0.2) is 35.6 Å². The molecule has 0 radical (unpaired) electrons. The molecule has 3 rings (SSSR count). The lowest BCUT2D eigenvalue weighted by atomic mass is 10.2. The van der Waals surface area contributed by atoms with Crippen molar-refractivity contribution in [1.82, 2.24) is 19.6 Å². The highest BCUT2D eigenvalue weighted by Crippen LogP contribution is 2.29. The number of thioether (sulfide) groups is 1. The SMILES string of the molecule is CCNc1snnc1CSc1ncnc2ccccc12. The van der Waals surface area contributed by atoms with Gasteiger partial charge in [0.2, 0.25) is 0 Å². The highest BCUT2D eigenvalue weighted by Gasteiger charge is 2.10. The molecular weight excluding hydrogens is 290 g/mol. The van der Waals surface area contributed by atoms with Crippen molar-refractivity contribution in [2.45, 2.75) is 17.7 Å². The number of aromatic nitrogens is 4. The van der Waals surface area contributed by atoms with Crippen LogP contribution < -0.4 is 5.32 Å². The maximum atomic E-state index is 4.37. The second kappa shape index (κ2) is 6.15. The molecule has 0 aliphatic rings. The van der Waals surface area contributed by atoms with E-state index in [9.17, 15) is 0 Å². The molecule has 0 saturated heterocycles. The second-order valence-corrected chi connectivity index (χ2v) is 5.78. The van der Waals surface area contributed by atoms with Gasteiger partial charge in [0.25, 0.3) is 0 Å². The van der Waals surface area contributed by atoms with Crippen molar-refractivity contribution in [3.05, 3.63) is 36.3 Å². The van der Waals surface area contributed by atoms with Crippen molar-refractivity contribution in [3.63, 3.8) is 0 Å². The lowest BCUT2D eigenvalue weighted by Gasteiger charge is -2.04. The Morgan fingerprint density at radius 2 is 2.15 bits per heavy atom. The summed E-state index contributed by atoms with van der Waals surface area (Å²) in [6.45, 7) is 2.94. The largest absolute Gasteiger partial charge is 0.374 e. The van der Waals surface area contributed by atoms with Gasteiger partial charge in [-0.3, -0.25) is 0 Å². The molecule has 0 spiro atoms. The smallest absolute Gasteiger partial charge is 0.134 e. The minimum absolute atomic E-state index is 0.750. The molecule has 2 heterocycles. The van der Waals surface area contributed by atoms with Crippen LogP contribution in [0.3, 0.4) is 0 Å². The third-order valence-electron chi connectivity index (χ3n) is 2.74. The predicted molar refractivity (Wildman–Crippen MR) is 83.2 cm³/mol. The van der Waals surface area contributed by atoms with Gasteiger partial charge >= 0.3 is 0 Å². The highest BCUT2D eigenvalue weighted by atomic mass is 32.2. The minimum atomic E-state index is 0.750. The Labute approximate surface area is 125 Å². The van der Waals surface area contributed by atoms with Gasteiger partial charge in [-0.15, -0.1) is 5.10 Å². The second-order valence-electron chi connectivity index (χ2n) is 4.06. The average molecular weight is 303 g/mol. The normalized spacial score (nSPS) is 10.8. The minimum Gasteiger partial charge on any atom is -0.374 e. The van der Waals surface area contributed by atoms with Crippen molar-refractivity contribution in [2.75, 3.05) is 11.9 Å². The van der Waals surface area contributed by atoms with E-state index in [-0.39, 0.29) is 0 Å². The molecule has 0 atom stereocenters. The fourth-order valence-electron chi connectivity index (χ4n) is 1.83. The van der Waals surface area contributed by atoms with Crippen molar-refractivity contribution >= 4 is 39.2 Å². The summed E-state index contributed by atoms with van der Waals surface area (Å²) < 4.78 is 4.00. The molecule has 2 aromatic heterocycles. The van der Waals surface area contributed by atoms with Gasteiger partial charge in [-0.25, -0.2) is 9.97 Å². The quantitative estimate of drug-likeness (QED) is 0.577. The fourth-order valence-corrected chi connectivity index (χ4v) is 3.49. The molecule has 5 nitrogen and oxygen atoms in total. The van der Waals surface area contributed by atoms with Crippen LogP contribution in [0.1, 0.15) is 12.6 Å². The first-order valence-electron chi connectivity index (χ1n) is 6.26. The Bertz CT molecular complexity index is 707. The van der Waals surface area contributed by atoms with Crippen molar-refractivity contribution in [1.29, 1.82) is 0 Å². The van der Waals surface area contributed by atoms with E-state index in [1.165, 1.54) is 11.5 Å². The lowest BCUT2D eigenvalue weighted by Crippen LogP contribution is -1.97. The number of rotatable bonds is 5. The van der Waals surface area contributed by atoms with Gasteiger partial charge < -0.3 is 5.32 Å². The van der Waals surface area contributed by atoms with Crippen LogP contribution >= 0.6 is 23.3 Å². The monoisotopic (exact) mass is 303 g/mol. The summed E-state index contributed by atoms with van der Waals surface area (Å²) in [6, 6.07) is 8.03. The molecule has 1 N–H and O–H groups in total. The van der Waals surface area contributed by atoms with Gasteiger partial charge in [-0.2, -0.15) is 0 Å². The van der Waals surface area contributed by atoms with Gasteiger partial charge in [0.15, 0.2) is 0 Å². The molecule has 7 heteroatoms. The van der Waals surface area contributed by atoms with Gasteiger partial charge in [0, 0.05) is 29.2 Å². The van der Waals surface area contributed by atoms with E-state index in [0.29, 0.717) is 0 Å². The zero-order valence-electron chi connectivity index (χ0n) is 10.9. The molecule has 0 saturated carbocycles. The van der Waals surface area contributed by atoms with Gasteiger partial charge in [0.1, 0.15) is 22.0 Å². The molecule has 1 aromatic carbocycles. The van der Waals surface area contributed by atoms with Crippen LogP contribution in [0.5, 0.6) is 0 Å². The van der Waals surface area contributed by atoms with Crippen LogP contribution in [0.4, 0.5) is 5.00 Å². The number of para-hydroxylation sites is 1. The van der Waals surface area contributed by atoms with E-state index in [1.807, 2.05) is 24.3 Å². The summed E-state index contributed by atoms with van der Waals surface area (Å²) in [7, 11) is 0. The first-order valence-corrected chi connectivity index (χ1v) is 8.02. The lowest BCUT2D eigenvalue weighted by molar-refractivity contribution is 1.06. The van der Waals surface area contributed by atoms with Crippen molar-refractivity contribution in [3.8, 4) is 0 Å². The molecular formula is C13H13N5S2. The molecule has 0 unspecified atom stereocenters. The van der Waals surface area contributed by atoms with Crippen molar-refractivity contribution < 1.29 is 0 Å². The van der Waals surface area contributed by atoms with E-state index in [4.69, 9.17) is 0 Å². The van der Waals surface area contributed by atoms with Crippen molar-refractivity contribution in [2.24, 2.45) is 0 Å². The number of nitrogens with one attached hydrogen (secondary N) is 1. The van der Waals surface area contributed by atoms with E-state index in [0.717, 1.165) is 38.9 Å². The summed E-state index contributed by atoms with van der Waals surface area (Å²) in [5, 5.41) is 10.5. The number of anilines is 1. The van der Waals surface area contributed by atoms with E-state index < -0.39 is 0 Å². The van der Waals surface area contributed by atoms with Gasteiger partial charge in [-0.1, -0.05) is 34.4 Å². The molecule has 3 aromatic rings. The number of benzene rings is 1. The van der Waals surface area contributed by atoms with Crippen LogP contribution in [-0.4, -0.2) is 26.1 Å². The molecule has 102 valence electrons. The van der Waals surface area contributed by atoms with Gasteiger partial charge in [0.05, 0.1) is 5.52 Å². The molecule has 0 fully saturated rings. The zero-order chi connectivity index (χ0) is 13.8. The van der Waals surface area contributed by atoms with Crippen LogP contribution in [0.2, 0.25) is 0 Å². The maximum absolute atomic E-state index is 4.37. The Morgan fingerprint density at radius 1 is 1.25 bits per heavy atom. The Kier molecular flexibility index (Phi) is 4.08.